The van der Waals surface area contributed by atoms with Gasteiger partial charge in [-0.3, -0.25) is 4.79 Å². The quantitative estimate of drug-likeness (QED) is 0.901. The number of hydrogen-bond acceptors (Lipinski definition) is 2. The Hall–Kier alpha value is -1.05. The lowest BCUT2D eigenvalue weighted by Crippen LogP contribution is -2.01. The van der Waals surface area contributed by atoms with E-state index in [1.165, 1.54) is 12.1 Å². The number of nitriles is 1. The molecule has 0 aliphatic carbocycles. The minimum atomic E-state index is -0.974. The molecular formula is C9H5BrClNO2. The number of benzene rings is 1. The normalized spacial score (nSPS) is 9.50. The zero-order valence-electron chi connectivity index (χ0n) is 6.92. The summed E-state index contributed by atoms with van der Waals surface area (Å²) in [5.74, 6) is -0.974. The Bertz CT molecular complexity index is 426. The maximum Gasteiger partial charge on any atom is 0.307 e. The smallest absolute Gasteiger partial charge is 0.307 e. The second-order valence-electron chi connectivity index (χ2n) is 2.61. The van der Waals surface area contributed by atoms with Crippen molar-refractivity contribution in [3.8, 4) is 6.07 Å². The minimum absolute atomic E-state index is 0.180. The first-order valence-corrected chi connectivity index (χ1v) is 4.81. The van der Waals surface area contributed by atoms with Gasteiger partial charge in [-0.1, -0.05) is 11.6 Å². The third kappa shape index (κ3) is 2.47. The first-order chi connectivity index (χ1) is 6.54. The highest BCUT2D eigenvalue weighted by Gasteiger charge is 2.09. The van der Waals surface area contributed by atoms with E-state index in [2.05, 4.69) is 15.9 Å². The number of carboxylic acids is 1. The van der Waals surface area contributed by atoms with Crippen LogP contribution in [0.3, 0.4) is 0 Å². The summed E-state index contributed by atoms with van der Waals surface area (Å²) in [5, 5.41) is 17.6. The van der Waals surface area contributed by atoms with Gasteiger partial charge in [-0.2, -0.15) is 5.26 Å². The van der Waals surface area contributed by atoms with Gasteiger partial charge in [0.15, 0.2) is 0 Å². The highest BCUT2D eigenvalue weighted by atomic mass is 79.9. The molecule has 0 atom stereocenters. The molecule has 0 unspecified atom stereocenters. The Kier molecular flexibility index (Phi) is 3.50. The molecule has 14 heavy (non-hydrogen) atoms. The van der Waals surface area contributed by atoms with Crippen LogP contribution < -0.4 is 0 Å². The van der Waals surface area contributed by atoms with Crippen molar-refractivity contribution in [2.45, 2.75) is 6.42 Å². The molecule has 1 aromatic carbocycles. The molecule has 0 spiro atoms. The largest absolute Gasteiger partial charge is 0.481 e. The molecule has 0 saturated heterocycles. The summed E-state index contributed by atoms with van der Waals surface area (Å²) in [7, 11) is 0. The molecule has 0 bridgehead atoms. The lowest BCUT2D eigenvalue weighted by Gasteiger charge is -2.03. The molecule has 0 radical (unpaired) electrons. The Balaban J connectivity index is 3.19. The van der Waals surface area contributed by atoms with Gasteiger partial charge in [0.25, 0.3) is 0 Å². The summed E-state index contributed by atoms with van der Waals surface area (Å²) in [5.41, 5.74) is 0.824. The van der Waals surface area contributed by atoms with Crippen molar-refractivity contribution < 1.29 is 9.90 Å². The fourth-order valence-electron chi connectivity index (χ4n) is 0.978. The number of halogens is 2. The van der Waals surface area contributed by atoms with Gasteiger partial charge < -0.3 is 5.11 Å². The van der Waals surface area contributed by atoms with Gasteiger partial charge >= 0.3 is 5.97 Å². The van der Waals surface area contributed by atoms with Crippen LogP contribution in [-0.2, 0) is 11.2 Å². The maximum absolute atomic E-state index is 10.5. The molecule has 0 heterocycles. The first-order valence-electron chi connectivity index (χ1n) is 3.64. The van der Waals surface area contributed by atoms with E-state index in [4.69, 9.17) is 22.0 Å². The third-order valence-corrected chi connectivity index (χ3v) is 2.61. The van der Waals surface area contributed by atoms with E-state index in [1.54, 1.807) is 0 Å². The van der Waals surface area contributed by atoms with Gasteiger partial charge in [0, 0.05) is 9.50 Å². The molecule has 3 nitrogen and oxygen atoms in total. The lowest BCUT2D eigenvalue weighted by atomic mass is 10.1. The molecule has 1 aromatic rings. The third-order valence-electron chi connectivity index (χ3n) is 1.60. The van der Waals surface area contributed by atoms with Gasteiger partial charge in [-0.15, -0.1) is 0 Å². The van der Waals surface area contributed by atoms with Crippen molar-refractivity contribution in [1.82, 2.24) is 0 Å². The molecule has 0 amide bonds. The number of rotatable bonds is 2. The summed E-state index contributed by atoms with van der Waals surface area (Å²) in [4.78, 5) is 10.5. The summed E-state index contributed by atoms with van der Waals surface area (Å²) >= 11 is 8.95. The zero-order valence-corrected chi connectivity index (χ0v) is 9.26. The van der Waals surface area contributed by atoms with Gasteiger partial charge in [0.1, 0.15) is 6.07 Å². The summed E-state index contributed by atoms with van der Waals surface area (Å²) in [6, 6.07) is 4.94. The van der Waals surface area contributed by atoms with Crippen LogP contribution >= 0.6 is 27.5 Å². The average molecular weight is 275 g/mol. The van der Waals surface area contributed by atoms with Crippen LogP contribution in [0.1, 0.15) is 11.1 Å². The Morgan fingerprint density at radius 2 is 2.29 bits per heavy atom. The van der Waals surface area contributed by atoms with E-state index < -0.39 is 5.97 Å². The molecular weight excluding hydrogens is 269 g/mol. The highest BCUT2D eigenvalue weighted by Crippen LogP contribution is 2.25. The number of carbonyl (C=O) groups is 1. The standard InChI is InChI=1S/C9H5BrClNO2/c10-7-3-8(11)5(2-9(13)14)1-6(7)4-12/h1,3H,2H2,(H,13,14). The maximum atomic E-state index is 10.5. The zero-order chi connectivity index (χ0) is 10.7. The SMILES string of the molecule is N#Cc1cc(CC(=O)O)c(Cl)cc1Br. The lowest BCUT2D eigenvalue weighted by molar-refractivity contribution is -0.136. The van der Waals surface area contributed by atoms with Crippen molar-refractivity contribution >= 4 is 33.5 Å². The van der Waals surface area contributed by atoms with E-state index in [-0.39, 0.29) is 6.42 Å². The second-order valence-corrected chi connectivity index (χ2v) is 3.87. The van der Waals surface area contributed by atoms with Crippen LogP contribution in [0, 0.1) is 11.3 Å². The monoisotopic (exact) mass is 273 g/mol. The van der Waals surface area contributed by atoms with Crippen molar-refractivity contribution in [1.29, 1.82) is 5.26 Å². The van der Waals surface area contributed by atoms with Crippen LogP contribution in [-0.4, -0.2) is 11.1 Å². The van der Waals surface area contributed by atoms with Gasteiger partial charge in [-0.25, -0.2) is 0 Å². The van der Waals surface area contributed by atoms with Crippen molar-refractivity contribution in [2.24, 2.45) is 0 Å². The van der Waals surface area contributed by atoms with E-state index in [0.29, 0.717) is 20.6 Å². The van der Waals surface area contributed by atoms with E-state index >= 15 is 0 Å². The number of carboxylic acid groups (broad SMARTS) is 1. The summed E-state index contributed by atoms with van der Waals surface area (Å²) in [6.07, 6.45) is -0.180. The van der Waals surface area contributed by atoms with Crippen LogP contribution in [0.2, 0.25) is 5.02 Å². The molecule has 0 fully saturated rings. The molecule has 0 saturated carbocycles. The van der Waals surface area contributed by atoms with Gasteiger partial charge in [0.05, 0.1) is 12.0 Å². The topological polar surface area (TPSA) is 61.1 Å². The predicted molar refractivity (Wildman–Crippen MR) is 55.2 cm³/mol. The molecule has 1 N–H and O–H groups in total. The average Bonchev–Trinajstić information content (AvgIpc) is 2.09. The highest BCUT2D eigenvalue weighted by molar-refractivity contribution is 9.10. The fourth-order valence-corrected chi connectivity index (χ4v) is 1.77. The molecule has 5 heteroatoms. The first kappa shape index (κ1) is 11.0. The van der Waals surface area contributed by atoms with Crippen LogP contribution in [0.25, 0.3) is 0 Å². The molecule has 0 aliphatic rings. The van der Waals surface area contributed by atoms with E-state index in [9.17, 15) is 4.79 Å². The van der Waals surface area contributed by atoms with Crippen LogP contribution in [0.5, 0.6) is 0 Å². The van der Waals surface area contributed by atoms with Crippen LogP contribution in [0.15, 0.2) is 16.6 Å². The molecule has 72 valence electrons. The van der Waals surface area contributed by atoms with E-state index in [1.807, 2.05) is 6.07 Å². The second kappa shape index (κ2) is 4.45. The van der Waals surface area contributed by atoms with Crippen LogP contribution in [0.4, 0.5) is 0 Å². The molecule has 0 aliphatic heterocycles. The molecule has 0 aromatic heterocycles. The van der Waals surface area contributed by atoms with Gasteiger partial charge in [-0.05, 0) is 33.6 Å². The number of nitrogens with zero attached hydrogens (tertiary/aromatic N) is 1. The van der Waals surface area contributed by atoms with Gasteiger partial charge in [0.2, 0.25) is 0 Å². The van der Waals surface area contributed by atoms with Crippen molar-refractivity contribution in [2.75, 3.05) is 0 Å². The van der Waals surface area contributed by atoms with Crippen molar-refractivity contribution in [3.05, 3.63) is 32.8 Å². The summed E-state index contributed by atoms with van der Waals surface area (Å²) in [6.45, 7) is 0. The minimum Gasteiger partial charge on any atom is -0.481 e. The predicted octanol–water partition coefficient (Wildman–Crippen LogP) is 2.60. The van der Waals surface area contributed by atoms with E-state index in [0.717, 1.165) is 0 Å². The molecule has 1 rings (SSSR count). The Labute approximate surface area is 94.0 Å². The number of aliphatic carboxylic acids is 1. The Morgan fingerprint density at radius 3 is 2.79 bits per heavy atom. The Morgan fingerprint density at radius 1 is 1.64 bits per heavy atom. The number of hydrogen-bond donors (Lipinski definition) is 1. The fraction of sp³-hybridized carbons (Fsp3) is 0.111. The summed E-state index contributed by atoms with van der Waals surface area (Å²) < 4.78 is 0.569. The van der Waals surface area contributed by atoms with Crippen molar-refractivity contribution in [3.63, 3.8) is 0 Å².